The lowest BCUT2D eigenvalue weighted by molar-refractivity contribution is -0.0330. The Morgan fingerprint density at radius 3 is 3.04 bits per heavy atom. The smallest absolute Gasteiger partial charge is 0.123 e. The maximum absolute atomic E-state index is 13.5. The molecule has 1 atom stereocenters. The van der Waals surface area contributed by atoms with E-state index in [0.717, 1.165) is 42.0 Å². The van der Waals surface area contributed by atoms with Gasteiger partial charge in [-0.25, -0.2) is 4.39 Å². The molecule has 128 valence electrons. The van der Waals surface area contributed by atoms with Crippen LogP contribution in [0.25, 0.3) is 11.3 Å². The number of aromatic nitrogens is 3. The summed E-state index contributed by atoms with van der Waals surface area (Å²) in [5, 5.41) is 7.26. The zero-order chi connectivity index (χ0) is 17.1. The molecule has 0 amide bonds. The summed E-state index contributed by atoms with van der Waals surface area (Å²) in [5.41, 5.74) is 4.00. The first-order valence-electron chi connectivity index (χ1n) is 8.31. The molecule has 0 radical (unpaired) electrons. The highest BCUT2D eigenvalue weighted by atomic mass is 19.1. The predicted molar refractivity (Wildman–Crippen MR) is 92.2 cm³/mol. The fourth-order valence-corrected chi connectivity index (χ4v) is 3.19. The molecule has 3 aromatic rings. The Labute approximate surface area is 145 Å². The number of halogens is 1. The molecule has 1 aliphatic heterocycles. The summed E-state index contributed by atoms with van der Waals surface area (Å²) in [6, 6.07) is 10.6. The Hall–Kier alpha value is -2.57. The summed E-state index contributed by atoms with van der Waals surface area (Å²) in [6.45, 7) is 2.95. The van der Waals surface area contributed by atoms with Crippen molar-refractivity contribution in [3.8, 4) is 11.3 Å². The van der Waals surface area contributed by atoms with Crippen LogP contribution >= 0.6 is 0 Å². The Morgan fingerprint density at radius 2 is 2.20 bits per heavy atom. The van der Waals surface area contributed by atoms with Crippen molar-refractivity contribution in [2.45, 2.75) is 12.6 Å². The number of hydrogen-bond acceptors (Lipinski definition) is 4. The normalized spacial score (nSPS) is 18.4. The first-order valence-corrected chi connectivity index (χ1v) is 8.31. The topological polar surface area (TPSA) is 54.0 Å². The van der Waals surface area contributed by atoms with Crippen molar-refractivity contribution < 1.29 is 9.13 Å². The number of ether oxygens (including phenoxy) is 1. The molecule has 2 aromatic heterocycles. The minimum atomic E-state index is -0.230. The third kappa shape index (κ3) is 3.60. The highest BCUT2D eigenvalue weighted by Gasteiger charge is 2.23. The van der Waals surface area contributed by atoms with E-state index in [4.69, 9.17) is 4.74 Å². The molecule has 5 nitrogen and oxygen atoms in total. The number of nitrogens with zero attached hydrogens (tertiary/aromatic N) is 3. The quantitative estimate of drug-likeness (QED) is 0.794. The fraction of sp³-hybridized carbons (Fsp3) is 0.263. The van der Waals surface area contributed by atoms with Gasteiger partial charge < -0.3 is 4.74 Å². The average molecular weight is 338 g/mol. The zero-order valence-electron chi connectivity index (χ0n) is 13.7. The van der Waals surface area contributed by atoms with Crippen LogP contribution in [-0.4, -0.2) is 39.8 Å². The molecular weight excluding hydrogens is 319 g/mol. The van der Waals surface area contributed by atoms with Gasteiger partial charge in [0.15, 0.2) is 0 Å². The van der Waals surface area contributed by atoms with Crippen molar-refractivity contribution in [2.24, 2.45) is 0 Å². The van der Waals surface area contributed by atoms with Crippen LogP contribution in [0.5, 0.6) is 0 Å². The molecule has 1 saturated heterocycles. The Balaban J connectivity index is 1.49. The summed E-state index contributed by atoms with van der Waals surface area (Å²) >= 11 is 0. The van der Waals surface area contributed by atoms with Gasteiger partial charge in [-0.3, -0.25) is 15.0 Å². The van der Waals surface area contributed by atoms with Crippen molar-refractivity contribution in [2.75, 3.05) is 19.7 Å². The molecule has 4 rings (SSSR count). The van der Waals surface area contributed by atoms with Crippen LogP contribution in [0.4, 0.5) is 4.39 Å². The largest absolute Gasteiger partial charge is 0.371 e. The summed E-state index contributed by atoms with van der Waals surface area (Å²) in [5.74, 6) is -0.230. The van der Waals surface area contributed by atoms with Gasteiger partial charge in [0.25, 0.3) is 0 Å². The van der Waals surface area contributed by atoms with Gasteiger partial charge in [0, 0.05) is 43.2 Å². The van der Waals surface area contributed by atoms with Crippen molar-refractivity contribution >= 4 is 0 Å². The van der Waals surface area contributed by atoms with E-state index in [1.165, 1.54) is 6.07 Å². The molecule has 6 heteroatoms. The van der Waals surface area contributed by atoms with Crippen LogP contribution in [-0.2, 0) is 11.3 Å². The number of benzene rings is 1. The number of nitrogens with one attached hydrogen (secondary N) is 1. The lowest BCUT2D eigenvalue weighted by Gasteiger charge is -2.33. The van der Waals surface area contributed by atoms with E-state index in [9.17, 15) is 4.39 Å². The third-order valence-corrected chi connectivity index (χ3v) is 4.43. The SMILES string of the molecule is Fc1cccc([C@@H]2CN(Cc3cn[nH]c3-c3cccnc3)CCO2)c1. The molecule has 0 bridgehead atoms. The molecule has 3 heterocycles. The van der Waals surface area contributed by atoms with Gasteiger partial charge in [-0.1, -0.05) is 12.1 Å². The zero-order valence-corrected chi connectivity index (χ0v) is 13.7. The van der Waals surface area contributed by atoms with Gasteiger partial charge in [0.05, 0.1) is 24.6 Å². The van der Waals surface area contributed by atoms with E-state index in [2.05, 4.69) is 20.1 Å². The van der Waals surface area contributed by atoms with Crippen molar-refractivity contribution in [3.05, 3.63) is 71.9 Å². The van der Waals surface area contributed by atoms with Crippen molar-refractivity contribution in [1.29, 1.82) is 0 Å². The number of rotatable bonds is 4. The second-order valence-electron chi connectivity index (χ2n) is 6.16. The summed E-state index contributed by atoms with van der Waals surface area (Å²) in [4.78, 5) is 6.48. The lowest BCUT2D eigenvalue weighted by atomic mass is 10.1. The van der Waals surface area contributed by atoms with Crippen LogP contribution in [0.1, 0.15) is 17.2 Å². The summed E-state index contributed by atoms with van der Waals surface area (Å²) < 4.78 is 19.3. The third-order valence-electron chi connectivity index (χ3n) is 4.43. The van der Waals surface area contributed by atoms with Crippen molar-refractivity contribution in [1.82, 2.24) is 20.1 Å². The van der Waals surface area contributed by atoms with Crippen molar-refractivity contribution in [3.63, 3.8) is 0 Å². The van der Waals surface area contributed by atoms with Gasteiger partial charge in [-0.05, 0) is 29.8 Å². The molecule has 25 heavy (non-hydrogen) atoms. The van der Waals surface area contributed by atoms with Crippen LogP contribution < -0.4 is 0 Å². The number of aromatic amines is 1. The lowest BCUT2D eigenvalue weighted by Crippen LogP contribution is -2.37. The van der Waals surface area contributed by atoms with Gasteiger partial charge >= 0.3 is 0 Å². The van der Waals surface area contributed by atoms with Gasteiger partial charge in [0.1, 0.15) is 5.82 Å². The summed E-state index contributed by atoms with van der Waals surface area (Å²) in [6.07, 6.45) is 5.32. The molecule has 1 aromatic carbocycles. The minimum Gasteiger partial charge on any atom is -0.371 e. The molecule has 0 spiro atoms. The minimum absolute atomic E-state index is 0.113. The van der Waals surface area contributed by atoms with E-state index >= 15 is 0 Å². The van der Waals surface area contributed by atoms with E-state index in [-0.39, 0.29) is 11.9 Å². The van der Waals surface area contributed by atoms with E-state index < -0.39 is 0 Å². The Kier molecular flexibility index (Phi) is 4.54. The molecule has 1 N–H and O–H groups in total. The Bertz CT molecular complexity index is 836. The maximum Gasteiger partial charge on any atom is 0.123 e. The molecule has 1 aliphatic rings. The van der Waals surface area contributed by atoms with E-state index in [1.807, 2.05) is 30.6 Å². The van der Waals surface area contributed by atoms with Crippen LogP contribution in [0, 0.1) is 5.82 Å². The first-order chi connectivity index (χ1) is 12.3. The predicted octanol–water partition coefficient (Wildman–Crippen LogP) is 3.18. The molecule has 0 saturated carbocycles. The molecule has 0 aliphatic carbocycles. The number of hydrogen-bond donors (Lipinski definition) is 1. The average Bonchev–Trinajstić information content (AvgIpc) is 3.11. The molecule has 1 fully saturated rings. The molecular formula is C19H19FN4O. The number of morpholine rings is 1. The second kappa shape index (κ2) is 7.13. The standard InChI is InChI=1S/C19H19FN4O/c20-17-5-1-3-14(9-17)18-13-24(7-8-25-18)12-16-11-22-23-19(16)15-4-2-6-21-10-15/h1-6,9-11,18H,7-8,12-13H2,(H,22,23)/t18-/m0/s1. The Morgan fingerprint density at radius 1 is 1.24 bits per heavy atom. The second-order valence-corrected chi connectivity index (χ2v) is 6.16. The fourth-order valence-electron chi connectivity index (χ4n) is 3.19. The van der Waals surface area contributed by atoms with Crippen LogP contribution in [0.3, 0.4) is 0 Å². The van der Waals surface area contributed by atoms with Gasteiger partial charge in [-0.2, -0.15) is 5.10 Å². The van der Waals surface area contributed by atoms with E-state index in [1.54, 1.807) is 18.3 Å². The summed E-state index contributed by atoms with van der Waals surface area (Å²) in [7, 11) is 0. The first kappa shape index (κ1) is 15.9. The van der Waals surface area contributed by atoms with Gasteiger partial charge in [0.2, 0.25) is 0 Å². The van der Waals surface area contributed by atoms with Gasteiger partial charge in [-0.15, -0.1) is 0 Å². The van der Waals surface area contributed by atoms with E-state index in [0.29, 0.717) is 6.61 Å². The highest BCUT2D eigenvalue weighted by Crippen LogP contribution is 2.26. The van der Waals surface area contributed by atoms with Crippen LogP contribution in [0.15, 0.2) is 55.0 Å². The monoisotopic (exact) mass is 338 g/mol. The molecule has 0 unspecified atom stereocenters. The van der Waals surface area contributed by atoms with Crippen LogP contribution in [0.2, 0.25) is 0 Å². The highest BCUT2D eigenvalue weighted by molar-refractivity contribution is 5.61. The number of pyridine rings is 1. The maximum atomic E-state index is 13.5. The number of H-pyrrole nitrogens is 1.